The monoisotopic (exact) mass is 542 g/mol. The van der Waals surface area contributed by atoms with Gasteiger partial charge in [0.2, 0.25) is 11.8 Å². The van der Waals surface area contributed by atoms with E-state index in [2.05, 4.69) is 31.9 Å². The van der Waals surface area contributed by atoms with Crippen molar-refractivity contribution in [2.24, 2.45) is 4.99 Å². The van der Waals surface area contributed by atoms with Gasteiger partial charge in [0.15, 0.2) is 5.96 Å². The second kappa shape index (κ2) is 12.8. The van der Waals surface area contributed by atoms with E-state index in [4.69, 9.17) is 0 Å². The van der Waals surface area contributed by atoms with Crippen LogP contribution in [0.15, 0.2) is 29.3 Å². The molecule has 3 rings (SSSR count). The first-order valence-corrected chi connectivity index (χ1v) is 10.9. The summed E-state index contributed by atoms with van der Waals surface area (Å²) in [6, 6.07) is 8.50. The number of piperidine rings is 1. The number of para-hydroxylation sites is 1. The lowest BCUT2D eigenvalue weighted by molar-refractivity contribution is -0.122. The number of likely N-dealkylation sites (N-methyl/N-ethyl adjacent to an activating group) is 1. The van der Waals surface area contributed by atoms with Crippen LogP contribution in [0.5, 0.6) is 0 Å². The van der Waals surface area contributed by atoms with E-state index in [-0.39, 0.29) is 35.8 Å². The Balaban J connectivity index is 0.00000341. The highest BCUT2D eigenvalue weighted by atomic mass is 127. The van der Waals surface area contributed by atoms with E-state index in [1.807, 2.05) is 23.1 Å². The molecule has 3 N–H and O–H groups in total. The summed E-state index contributed by atoms with van der Waals surface area (Å²) in [4.78, 5) is 32.5. The molecule has 0 aromatic heterocycles. The van der Waals surface area contributed by atoms with Crippen LogP contribution in [-0.4, -0.2) is 75.5 Å². The van der Waals surface area contributed by atoms with Gasteiger partial charge in [0.05, 0.1) is 6.54 Å². The molecule has 0 unspecified atom stereocenters. The summed E-state index contributed by atoms with van der Waals surface area (Å²) in [5.41, 5.74) is 2.32. The quantitative estimate of drug-likeness (QED) is 0.210. The smallest absolute Gasteiger partial charge is 0.233 e. The van der Waals surface area contributed by atoms with E-state index in [9.17, 15) is 9.59 Å². The molecule has 172 valence electrons. The number of likely N-dealkylation sites (tertiary alicyclic amines) is 1. The Hall–Kier alpha value is -1.88. The first-order chi connectivity index (χ1) is 14.6. The SMILES string of the molecule is CN=C(NCCCC(=O)N1CCc2ccccc21)NC1CCN(CC(=O)NC)CC1.I. The molecule has 1 aromatic carbocycles. The molecular weight excluding hydrogens is 507 g/mol. The largest absolute Gasteiger partial charge is 0.358 e. The fourth-order valence-corrected chi connectivity index (χ4v) is 4.08. The highest BCUT2D eigenvalue weighted by molar-refractivity contribution is 14.0. The predicted octanol–water partition coefficient (Wildman–Crippen LogP) is 1.35. The zero-order chi connectivity index (χ0) is 21.3. The molecule has 8 nitrogen and oxygen atoms in total. The topological polar surface area (TPSA) is 89.1 Å². The number of aliphatic imine (C=N–C) groups is 1. The zero-order valence-corrected chi connectivity index (χ0v) is 20.9. The van der Waals surface area contributed by atoms with Crippen molar-refractivity contribution >= 4 is 47.4 Å². The molecule has 2 heterocycles. The Morgan fingerprint density at radius 3 is 2.61 bits per heavy atom. The lowest BCUT2D eigenvalue weighted by Crippen LogP contribution is -2.50. The molecule has 1 aromatic rings. The number of rotatable bonds is 7. The van der Waals surface area contributed by atoms with Gasteiger partial charge in [-0.15, -0.1) is 24.0 Å². The number of halogens is 1. The van der Waals surface area contributed by atoms with Crippen molar-refractivity contribution in [2.75, 3.05) is 51.7 Å². The first-order valence-electron chi connectivity index (χ1n) is 10.9. The number of amides is 2. The van der Waals surface area contributed by atoms with Gasteiger partial charge in [-0.05, 0) is 37.3 Å². The second-order valence-electron chi connectivity index (χ2n) is 7.89. The summed E-state index contributed by atoms with van der Waals surface area (Å²) in [5.74, 6) is 1.03. The molecule has 2 amide bonds. The maximum atomic E-state index is 12.6. The molecule has 0 bridgehead atoms. The standard InChI is InChI=1S/C22H34N6O2.HI/c1-23-20(29)16-27-13-10-18(11-14-27)26-22(24-2)25-12-5-8-21(30)28-15-9-17-6-3-4-7-19(17)28;/h3-4,6-7,18H,5,8-16H2,1-2H3,(H,23,29)(H2,24,25,26);1H. The zero-order valence-electron chi connectivity index (χ0n) is 18.5. The Kier molecular flexibility index (Phi) is 10.5. The van der Waals surface area contributed by atoms with E-state index in [0.29, 0.717) is 25.6 Å². The number of carbonyl (C=O) groups excluding carboxylic acids is 2. The first kappa shape index (κ1) is 25.4. The van der Waals surface area contributed by atoms with Crippen LogP contribution in [0, 0.1) is 0 Å². The van der Waals surface area contributed by atoms with Crippen molar-refractivity contribution < 1.29 is 9.59 Å². The van der Waals surface area contributed by atoms with Crippen LogP contribution in [0.4, 0.5) is 5.69 Å². The summed E-state index contributed by atoms with van der Waals surface area (Å²) in [5, 5.41) is 9.46. The van der Waals surface area contributed by atoms with Gasteiger partial charge in [-0.3, -0.25) is 19.5 Å². The minimum absolute atomic E-state index is 0. The third kappa shape index (κ3) is 7.34. The van der Waals surface area contributed by atoms with Crippen LogP contribution in [0.2, 0.25) is 0 Å². The molecule has 0 atom stereocenters. The van der Waals surface area contributed by atoms with Crippen molar-refractivity contribution in [1.29, 1.82) is 0 Å². The molecule has 0 radical (unpaired) electrons. The van der Waals surface area contributed by atoms with Crippen molar-refractivity contribution in [3.8, 4) is 0 Å². The number of benzene rings is 1. The molecule has 2 aliphatic rings. The maximum Gasteiger partial charge on any atom is 0.233 e. The number of carbonyl (C=O) groups is 2. The third-order valence-corrected chi connectivity index (χ3v) is 5.85. The van der Waals surface area contributed by atoms with Gasteiger partial charge in [-0.25, -0.2) is 0 Å². The van der Waals surface area contributed by atoms with Crippen molar-refractivity contribution in [3.05, 3.63) is 29.8 Å². The minimum atomic E-state index is 0. The third-order valence-electron chi connectivity index (χ3n) is 5.85. The lowest BCUT2D eigenvalue weighted by atomic mass is 10.1. The Labute approximate surface area is 202 Å². The fraction of sp³-hybridized carbons (Fsp3) is 0.591. The van der Waals surface area contributed by atoms with Gasteiger partial charge in [-0.1, -0.05) is 18.2 Å². The van der Waals surface area contributed by atoms with Crippen LogP contribution in [0.1, 0.15) is 31.2 Å². The lowest BCUT2D eigenvalue weighted by Gasteiger charge is -2.32. The molecule has 0 saturated carbocycles. The molecule has 9 heteroatoms. The number of nitrogens with one attached hydrogen (secondary N) is 3. The van der Waals surface area contributed by atoms with E-state index in [1.165, 1.54) is 5.56 Å². The Morgan fingerprint density at radius 2 is 1.90 bits per heavy atom. The highest BCUT2D eigenvalue weighted by Crippen LogP contribution is 2.27. The number of hydrogen-bond acceptors (Lipinski definition) is 4. The average molecular weight is 542 g/mol. The van der Waals surface area contributed by atoms with Crippen LogP contribution >= 0.6 is 24.0 Å². The Morgan fingerprint density at radius 1 is 1.16 bits per heavy atom. The molecule has 0 aliphatic carbocycles. The van der Waals surface area contributed by atoms with Crippen LogP contribution in [0.25, 0.3) is 0 Å². The molecule has 0 spiro atoms. The average Bonchev–Trinajstić information content (AvgIpc) is 3.21. The number of hydrogen-bond donors (Lipinski definition) is 3. The maximum absolute atomic E-state index is 12.6. The molecular formula is C22H35IN6O2. The summed E-state index contributed by atoms with van der Waals surface area (Å²) in [6.07, 6.45) is 4.19. The van der Waals surface area contributed by atoms with Crippen molar-refractivity contribution in [2.45, 2.75) is 38.1 Å². The second-order valence-corrected chi connectivity index (χ2v) is 7.89. The predicted molar refractivity (Wildman–Crippen MR) is 135 cm³/mol. The van der Waals surface area contributed by atoms with Gasteiger partial charge in [0.25, 0.3) is 0 Å². The van der Waals surface area contributed by atoms with Gasteiger partial charge in [0, 0.05) is 58.4 Å². The molecule has 2 aliphatic heterocycles. The van der Waals surface area contributed by atoms with Crippen molar-refractivity contribution in [3.63, 3.8) is 0 Å². The molecule has 1 saturated heterocycles. The molecule has 31 heavy (non-hydrogen) atoms. The van der Waals surface area contributed by atoms with Crippen molar-refractivity contribution in [1.82, 2.24) is 20.9 Å². The van der Waals surface area contributed by atoms with Gasteiger partial charge < -0.3 is 20.9 Å². The van der Waals surface area contributed by atoms with Crippen LogP contribution in [0.3, 0.4) is 0 Å². The Bertz CT molecular complexity index is 764. The van der Waals surface area contributed by atoms with Crippen LogP contribution in [-0.2, 0) is 16.0 Å². The van der Waals surface area contributed by atoms with E-state index >= 15 is 0 Å². The van der Waals surface area contributed by atoms with Gasteiger partial charge in [0.1, 0.15) is 0 Å². The number of fused-ring (bicyclic) bond motifs is 1. The highest BCUT2D eigenvalue weighted by Gasteiger charge is 2.24. The normalized spacial score (nSPS) is 17.0. The van der Waals surface area contributed by atoms with E-state index in [1.54, 1.807) is 14.1 Å². The summed E-state index contributed by atoms with van der Waals surface area (Å²) < 4.78 is 0. The van der Waals surface area contributed by atoms with Gasteiger partial charge in [-0.2, -0.15) is 0 Å². The summed E-state index contributed by atoms with van der Waals surface area (Å²) >= 11 is 0. The summed E-state index contributed by atoms with van der Waals surface area (Å²) in [6.45, 7) is 3.75. The number of guanidine groups is 1. The van der Waals surface area contributed by atoms with Crippen LogP contribution < -0.4 is 20.9 Å². The number of anilines is 1. The van der Waals surface area contributed by atoms with Gasteiger partial charge >= 0.3 is 0 Å². The fourth-order valence-electron chi connectivity index (χ4n) is 4.08. The summed E-state index contributed by atoms with van der Waals surface area (Å²) in [7, 11) is 3.44. The van der Waals surface area contributed by atoms with E-state index in [0.717, 1.165) is 57.0 Å². The molecule has 1 fully saturated rings. The minimum Gasteiger partial charge on any atom is -0.358 e. The number of nitrogens with zero attached hydrogens (tertiary/aromatic N) is 3. The van der Waals surface area contributed by atoms with E-state index < -0.39 is 0 Å².